The summed E-state index contributed by atoms with van der Waals surface area (Å²) in [5.41, 5.74) is 4.00. The van der Waals surface area contributed by atoms with Gasteiger partial charge in [0.2, 0.25) is 5.95 Å². The molecule has 0 aliphatic heterocycles. The first-order valence-corrected chi connectivity index (χ1v) is 11.0. The van der Waals surface area contributed by atoms with E-state index in [1.807, 2.05) is 35.9 Å². The van der Waals surface area contributed by atoms with E-state index >= 15 is 0 Å². The molecule has 5 nitrogen and oxygen atoms in total. The van der Waals surface area contributed by atoms with Crippen LogP contribution in [-0.4, -0.2) is 20.4 Å². The van der Waals surface area contributed by atoms with Crippen LogP contribution < -0.4 is 5.32 Å². The molecular weight excluding hydrogens is 391 g/mol. The monoisotopic (exact) mass is 418 g/mol. The fraction of sp³-hybridized carbons (Fsp3) is 0.400. The number of hydrogen-bond donors (Lipinski definition) is 1. The smallest absolute Gasteiger partial charge is 0.253 e. The molecule has 5 rings (SSSR count). The zero-order valence-electron chi connectivity index (χ0n) is 17.9. The lowest BCUT2D eigenvalue weighted by Gasteiger charge is -2.32. The van der Waals surface area contributed by atoms with Crippen molar-refractivity contribution in [2.75, 3.05) is 0 Å². The van der Waals surface area contributed by atoms with Crippen LogP contribution in [0.25, 0.3) is 11.1 Å². The second-order valence-corrected chi connectivity index (χ2v) is 9.24. The van der Waals surface area contributed by atoms with Gasteiger partial charge in [-0.1, -0.05) is 18.9 Å². The molecule has 0 saturated heterocycles. The number of carbonyl (C=O) groups is 1. The minimum Gasteiger partial charge on any atom is -0.329 e. The van der Waals surface area contributed by atoms with E-state index in [0.29, 0.717) is 17.4 Å². The van der Waals surface area contributed by atoms with Crippen molar-refractivity contribution in [3.05, 3.63) is 71.8 Å². The highest BCUT2D eigenvalue weighted by Crippen LogP contribution is 2.45. The summed E-state index contributed by atoms with van der Waals surface area (Å²) in [6.45, 7) is 4.02. The van der Waals surface area contributed by atoms with E-state index in [2.05, 4.69) is 22.2 Å². The zero-order chi connectivity index (χ0) is 21.6. The van der Waals surface area contributed by atoms with E-state index in [-0.39, 0.29) is 5.91 Å². The summed E-state index contributed by atoms with van der Waals surface area (Å²) in [4.78, 5) is 21.5. The molecule has 2 aliphatic rings. The van der Waals surface area contributed by atoms with Gasteiger partial charge in [0, 0.05) is 23.5 Å². The molecule has 2 saturated carbocycles. The average molecular weight is 419 g/mol. The Morgan fingerprint density at radius 1 is 1.19 bits per heavy atom. The third kappa shape index (κ3) is 4.24. The molecule has 2 aromatic heterocycles. The molecule has 2 heterocycles. The first kappa shape index (κ1) is 19.9. The summed E-state index contributed by atoms with van der Waals surface area (Å²) >= 11 is 0. The summed E-state index contributed by atoms with van der Waals surface area (Å²) < 4.78 is 15.4. The van der Waals surface area contributed by atoms with Gasteiger partial charge in [-0.15, -0.1) is 0 Å². The van der Waals surface area contributed by atoms with Crippen molar-refractivity contribution in [2.45, 2.75) is 57.5 Å². The van der Waals surface area contributed by atoms with E-state index < -0.39 is 11.6 Å². The normalized spacial score (nSPS) is 17.9. The summed E-state index contributed by atoms with van der Waals surface area (Å²) in [6, 6.07) is 8.98. The van der Waals surface area contributed by atoms with Gasteiger partial charge in [-0.05, 0) is 80.3 Å². The molecule has 0 unspecified atom stereocenters. The largest absolute Gasteiger partial charge is 0.329 e. The lowest BCUT2D eigenvalue weighted by atomic mass is 9.95. The van der Waals surface area contributed by atoms with Crippen molar-refractivity contribution < 1.29 is 9.18 Å². The summed E-state index contributed by atoms with van der Waals surface area (Å²) in [5, 5.41) is 3.27. The molecule has 31 heavy (non-hydrogen) atoms. The van der Waals surface area contributed by atoms with Crippen LogP contribution in [0.2, 0.25) is 0 Å². The zero-order valence-corrected chi connectivity index (χ0v) is 17.9. The SMILES string of the molecule is Cc1cn([C@@](C)(CC2CC2)NC(=O)c2ccc(C3CC3)c(-c3ccc(F)nc3)c2)cn1. The Morgan fingerprint density at radius 3 is 2.61 bits per heavy atom. The Balaban J connectivity index is 1.46. The standard InChI is InChI=1S/C25H27FN4O/c1-16-14-30(15-28-16)25(2,12-17-3-4-17)29-24(31)19-7-9-21(18-5-6-18)22(11-19)20-8-10-23(26)27-13-20/h7-11,13-15,17-18H,3-6,12H2,1-2H3,(H,29,31)/t25-/m0/s1. The highest BCUT2D eigenvalue weighted by atomic mass is 19.1. The number of nitrogens with zero attached hydrogens (tertiary/aromatic N) is 3. The molecule has 160 valence electrons. The Hall–Kier alpha value is -3.02. The average Bonchev–Trinajstić information content (AvgIpc) is 3.68. The number of hydrogen-bond acceptors (Lipinski definition) is 3. The number of imidazole rings is 1. The molecule has 0 bridgehead atoms. The van der Waals surface area contributed by atoms with Gasteiger partial charge in [-0.2, -0.15) is 4.39 Å². The lowest BCUT2D eigenvalue weighted by molar-refractivity contribution is 0.0840. The number of nitrogens with one attached hydrogen (secondary N) is 1. The predicted molar refractivity (Wildman–Crippen MR) is 117 cm³/mol. The molecule has 2 aliphatic carbocycles. The van der Waals surface area contributed by atoms with E-state index in [0.717, 1.165) is 36.1 Å². The van der Waals surface area contributed by atoms with Gasteiger partial charge in [0.05, 0.1) is 12.0 Å². The molecule has 1 aromatic carbocycles. The van der Waals surface area contributed by atoms with Gasteiger partial charge >= 0.3 is 0 Å². The second-order valence-electron chi connectivity index (χ2n) is 9.24. The molecule has 0 radical (unpaired) electrons. The summed E-state index contributed by atoms with van der Waals surface area (Å²) in [6.07, 6.45) is 10.9. The Labute approximate surface area is 181 Å². The van der Waals surface area contributed by atoms with Crippen LogP contribution >= 0.6 is 0 Å². The van der Waals surface area contributed by atoms with E-state index in [1.54, 1.807) is 18.6 Å². The van der Waals surface area contributed by atoms with E-state index in [9.17, 15) is 9.18 Å². The first-order chi connectivity index (χ1) is 14.9. The van der Waals surface area contributed by atoms with Crippen LogP contribution in [0.3, 0.4) is 0 Å². The van der Waals surface area contributed by atoms with Gasteiger partial charge < -0.3 is 9.88 Å². The van der Waals surface area contributed by atoms with Crippen LogP contribution in [0, 0.1) is 18.8 Å². The van der Waals surface area contributed by atoms with Gasteiger partial charge in [-0.3, -0.25) is 4.79 Å². The van der Waals surface area contributed by atoms with Crippen molar-refractivity contribution in [1.29, 1.82) is 0 Å². The van der Waals surface area contributed by atoms with Gasteiger partial charge in [0.25, 0.3) is 5.91 Å². The van der Waals surface area contributed by atoms with Crippen LogP contribution in [0.4, 0.5) is 4.39 Å². The first-order valence-electron chi connectivity index (χ1n) is 11.0. The molecule has 1 atom stereocenters. The Kier molecular flexibility index (Phi) is 4.88. The quantitative estimate of drug-likeness (QED) is 0.538. The minimum absolute atomic E-state index is 0.117. The van der Waals surface area contributed by atoms with Crippen molar-refractivity contribution >= 4 is 5.91 Å². The number of amides is 1. The van der Waals surface area contributed by atoms with Crippen molar-refractivity contribution in [3.8, 4) is 11.1 Å². The number of rotatable bonds is 7. The number of benzene rings is 1. The molecule has 1 N–H and O–H groups in total. The second kappa shape index (κ2) is 7.59. The third-order valence-electron chi connectivity index (χ3n) is 6.42. The van der Waals surface area contributed by atoms with Crippen molar-refractivity contribution in [3.63, 3.8) is 0 Å². The van der Waals surface area contributed by atoms with Crippen molar-refractivity contribution in [2.24, 2.45) is 5.92 Å². The Bertz CT molecular complexity index is 1110. The van der Waals surface area contributed by atoms with Gasteiger partial charge in [0.1, 0.15) is 5.66 Å². The van der Waals surface area contributed by atoms with Crippen LogP contribution in [-0.2, 0) is 5.66 Å². The van der Waals surface area contributed by atoms with E-state index in [4.69, 9.17) is 0 Å². The van der Waals surface area contributed by atoms with Crippen LogP contribution in [0.5, 0.6) is 0 Å². The summed E-state index contributed by atoms with van der Waals surface area (Å²) in [5.74, 6) is 0.516. The van der Waals surface area contributed by atoms with Crippen molar-refractivity contribution in [1.82, 2.24) is 19.9 Å². The van der Waals surface area contributed by atoms with E-state index in [1.165, 1.54) is 24.5 Å². The minimum atomic E-state index is -0.535. The van der Waals surface area contributed by atoms with Crippen LogP contribution in [0.1, 0.15) is 66.6 Å². The summed E-state index contributed by atoms with van der Waals surface area (Å²) in [7, 11) is 0. The number of aryl methyl sites for hydroxylation is 1. The maximum absolute atomic E-state index is 13.4. The maximum atomic E-state index is 13.4. The molecule has 6 heteroatoms. The number of aromatic nitrogens is 3. The molecule has 1 amide bonds. The van der Waals surface area contributed by atoms with Gasteiger partial charge in [-0.25, -0.2) is 9.97 Å². The predicted octanol–water partition coefficient (Wildman–Crippen LogP) is 5.17. The highest BCUT2D eigenvalue weighted by molar-refractivity contribution is 5.96. The number of halogens is 1. The molecular formula is C25H27FN4O. The maximum Gasteiger partial charge on any atom is 0.253 e. The molecule has 3 aromatic rings. The lowest BCUT2D eigenvalue weighted by Crippen LogP contribution is -2.48. The van der Waals surface area contributed by atoms with Gasteiger partial charge in [0.15, 0.2) is 0 Å². The molecule has 0 spiro atoms. The number of carbonyl (C=O) groups excluding carboxylic acids is 1. The fourth-order valence-corrected chi connectivity index (χ4v) is 4.35. The highest BCUT2D eigenvalue weighted by Gasteiger charge is 2.36. The fourth-order valence-electron chi connectivity index (χ4n) is 4.35. The van der Waals surface area contributed by atoms with Crippen LogP contribution in [0.15, 0.2) is 49.1 Å². The Morgan fingerprint density at radius 2 is 2.00 bits per heavy atom. The topological polar surface area (TPSA) is 59.8 Å². The number of pyridine rings is 1. The molecule has 2 fully saturated rings. The third-order valence-corrected chi connectivity index (χ3v) is 6.42.